The van der Waals surface area contributed by atoms with Crippen LogP contribution >= 0.6 is 0 Å². The molecule has 0 fully saturated rings. The average molecular weight is 344 g/mol. The Morgan fingerprint density at radius 2 is 1.76 bits per heavy atom. The Bertz CT molecular complexity index is 688. The molecule has 0 saturated carbocycles. The van der Waals surface area contributed by atoms with Gasteiger partial charge in [-0.2, -0.15) is 0 Å². The molecular weight excluding hydrogens is 319 g/mol. The van der Waals surface area contributed by atoms with E-state index in [1.807, 2.05) is 36.2 Å². The van der Waals surface area contributed by atoms with E-state index in [2.05, 4.69) is 0 Å². The lowest BCUT2D eigenvalue weighted by Crippen LogP contribution is -2.27. The Labute approximate surface area is 148 Å². The molecule has 0 aromatic heterocycles. The number of ether oxygens (including phenoxy) is 1. The minimum atomic E-state index is -0.245. The summed E-state index contributed by atoms with van der Waals surface area (Å²) in [6.07, 6.45) is 1.21. The Morgan fingerprint density at radius 1 is 1.08 bits per heavy atom. The first kappa shape index (κ1) is 18.8. The first-order chi connectivity index (χ1) is 12.0. The first-order valence-corrected chi connectivity index (χ1v) is 8.34. The van der Waals surface area contributed by atoms with Crippen LogP contribution < -0.4 is 9.64 Å². The van der Waals surface area contributed by atoms with Crippen LogP contribution in [0.3, 0.4) is 0 Å². The Morgan fingerprint density at radius 3 is 2.44 bits per heavy atom. The summed E-state index contributed by atoms with van der Waals surface area (Å²) in [4.78, 5) is 16.1. The third-order valence-electron chi connectivity index (χ3n) is 4.18. The third kappa shape index (κ3) is 5.48. The molecule has 0 atom stereocenters. The highest BCUT2D eigenvalue weighted by Crippen LogP contribution is 2.19. The fourth-order valence-corrected chi connectivity index (χ4v) is 2.66. The van der Waals surface area contributed by atoms with E-state index >= 15 is 0 Å². The highest BCUT2D eigenvalue weighted by atomic mass is 19.1. The summed E-state index contributed by atoms with van der Waals surface area (Å²) >= 11 is 0. The molecule has 2 aromatic carbocycles. The number of methoxy groups -OCH3 is 1. The van der Waals surface area contributed by atoms with E-state index in [4.69, 9.17) is 4.74 Å². The van der Waals surface area contributed by atoms with Gasteiger partial charge >= 0.3 is 0 Å². The van der Waals surface area contributed by atoms with Crippen molar-refractivity contribution in [1.82, 2.24) is 4.90 Å². The highest BCUT2D eigenvalue weighted by molar-refractivity contribution is 5.76. The van der Waals surface area contributed by atoms with E-state index in [-0.39, 0.29) is 11.7 Å². The molecule has 25 heavy (non-hydrogen) atoms. The zero-order valence-electron chi connectivity index (χ0n) is 15.0. The second-order valence-electron chi connectivity index (χ2n) is 6.06. The molecule has 0 aliphatic heterocycles. The van der Waals surface area contributed by atoms with E-state index in [0.29, 0.717) is 13.0 Å². The second kappa shape index (κ2) is 9.06. The lowest BCUT2D eigenvalue weighted by Gasteiger charge is -2.21. The van der Waals surface area contributed by atoms with Gasteiger partial charge in [-0.3, -0.25) is 4.79 Å². The van der Waals surface area contributed by atoms with E-state index in [1.165, 1.54) is 12.1 Å². The molecule has 0 unspecified atom stereocenters. The van der Waals surface area contributed by atoms with Crippen molar-refractivity contribution >= 4 is 11.6 Å². The quantitative estimate of drug-likeness (QED) is 0.732. The number of halogens is 1. The maximum absolute atomic E-state index is 13.0. The Balaban J connectivity index is 1.80. The van der Waals surface area contributed by atoms with Crippen molar-refractivity contribution in [2.75, 3.05) is 32.6 Å². The maximum Gasteiger partial charge on any atom is 0.222 e. The van der Waals surface area contributed by atoms with Crippen LogP contribution in [0.1, 0.15) is 18.4 Å². The zero-order valence-corrected chi connectivity index (χ0v) is 15.0. The molecule has 0 radical (unpaired) electrons. The Kier molecular flexibility index (Phi) is 6.81. The van der Waals surface area contributed by atoms with Gasteiger partial charge in [0.2, 0.25) is 5.91 Å². The average Bonchev–Trinajstić information content (AvgIpc) is 2.62. The summed E-state index contributed by atoms with van der Waals surface area (Å²) in [5.74, 6) is 0.641. The minimum Gasteiger partial charge on any atom is -0.496 e. The van der Waals surface area contributed by atoms with Crippen molar-refractivity contribution in [2.45, 2.75) is 19.4 Å². The van der Waals surface area contributed by atoms with Crippen LogP contribution in [0.2, 0.25) is 0 Å². The van der Waals surface area contributed by atoms with Crippen LogP contribution in [0.15, 0.2) is 48.5 Å². The fourth-order valence-electron chi connectivity index (χ4n) is 2.66. The van der Waals surface area contributed by atoms with Crippen molar-refractivity contribution in [3.05, 3.63) is 59.9 Å². The van der Waals surface area contributed by atoms with E-state index in [9.17, 15) is 9.18 Å². The molecule has 0 spiro atoms. The van der Waals surface area contributed by atoms with Crippen molar-refractivity contribution in [3.8, 4) is 5.75 Å². The predicted octanol–water partition coefficient (Wildman–Crippen LogP) is 3.71. The summed E-state index contributed by atoms with van der Waals surface area (Å²) in [6.45, 7) is 1.26. The Hall–Kier alpha value is -2.56. The summed E-state index contributed by atoms with van der Waals surface area (Å²) in [7, 11) is 5.38. The molecule has 0 saturated heterocycles. The van der Waals surface area contributed by atoms with Gasteiger partial charge in [-0.05, 0) is 36.8 Å². The van der Waals surface area contributed by atoms with Crippen molar-refractivity contribution in [3.63, 3.8) is 0 Å². The zero-order chi connectivity index (χ0) is 18.2. The molecule has 0 N–H and O–H groups in total. The lowest BCUT2D eigenvalue weighted by atomic mass is 10.1. The van der Waals surface area contributed by atoms with E-state index in [0.717, 1.165) is 30.0 Å². The number of carbonyl (C=O) groups is 1. The second-order valence-corrected chi connectivity index (χ2v) is 6.06. The molecular formula is C20H25FN2O2. The standard InChI is InChI=1S/C20H25FN2O2/c1-22(18-12-10-17(21)11-13-18)14-6-9-20(24)23(2)15-16-7-4-5-8-19(16)25-3/h4-5,7-8,10-13H,6,9,14-15H2,1-3H3. The molecule has 1 amide bonds. The number of benzene rings is 2. The SMILES string of the molecule is COc1ccccc1CN(C)C(=O)CCCN(C)c1ccc(F)cc1. The molecule has 0 bridgehead atoms. The molecule has 2 rings (SSSR count). The molecule has 0 aliphatic carbocycles. The largest absolute Gasteiger partial charge is 0.496 e. The maximum atomic E-state index is 13.0. The van der Waals surface area contributed by atoms with Crippen molar-refractivity contribution in [1.29, 1.82) is 0 Å². The van der Waals surface area contributed by atoms with Gasteiger partial charge < -0.3 is 14.5 Å². The number of nitrogens with zero attached hydrogens (tertiary/aromatic N) is 2. The number of anilines is 1. The molecule has 5 heteroatoms. The van der Waals surface area contributed by atoms with Crippen molar-refractivity contribution < 1.29 is 13.9 Å². The van der Waals surface area contributed by atoms with Crippen LogP contribution in [0.4, 0.5) is 10.1 Å². The molecule has 134 valence electrons. The summed E-state index contributed by atoms with van der Waals surface area (Å²) in [5.41, 5.74) is 1.93. The van der Waals surface area contributed by atoms with Crippen LogP contribution in [-0.4, -0.2) is 38.6 Å². The number of carbonyl (C=O) groups excluding carboxylic acids is 1. The number of rotatable bonds is 8. The van der Waals surface area contributed by atoms with Gasteiger partial charge in [0.25, 0.3) is 0 Å². The van der Waals surface area contributed by atoms with E-state index < -0.39 is 0 Å². The molecule has 0 aliphatic rings. The van der Waals surface area contributed by atoms with Crippen LogP contribution in [0, 0.1) is 5.82 Å². The monoisotopic (exact) mass is 344 g/mol. The van der Waals surface area contributed by atoms with Gasteiger partial charge in [0, 0.05) is 44.9 Å². The number of hydrogen-bond donors (Lipinski definition) is 0. The number of hydrogen-bond acceptors (Lipinski definition) is 3. The normalized spacial score (nSPS) is 10.4. The van der Waals surface area contributed by atoms with Crippen molar-refractivity contribution in [2.24, 2.45) is 0 Å². The van der Waals surface area contributed by atoms with Gasteiger partial charge in [-0.25, -0.2) is 4.39 Å². The smallest absolute Gasteiger partial charge is 0.222 e. The van der Waals surface area contributed by atoms with Crippen LogP contribution in [0.25, 0.3) is 0 Å². The van der Waals surface area contributed by atoms with Crippen LogP contribution in [0.5, 0.6) is 5.75 Å². The first-order valence-electron chi connectivity index (χ1n) is 8.34. The molecule has 4 nitrogen and oxygen atoms in total. The fraction of sp³-hybridized carbons (Fsp3) is 0.350. The molecule has 2 aromatic rings. The third-order valence-corrected chi connectivity index (χ3v) is 4.18. The van der Waals surface area contributed by atoms with E-state index in [1.54, 1.807) is 31.2 Å². The summed E-state index contributed by atoms with van der Waals surface area (Å²) < 4.78 is 18.3. The summed E-state index contributed by atoms with van der Waals surface area (Å²) in [5, 5.41) is 0. The van der Waals surface area contributed by atoms with Gasteiger partial charge in [0.1, 0.15) is 11.6 Å². The van der Waals surface area contributed by atoms with Gasteiger partial charge in [0.05, 0.1) is 7.11 Å². The van der Waals surface area contributed by atoms with Crippen LogP contribution in [-0.2, 0) is 11.3 Å². The van der Waals surface area contributed by atoms with Gasteiger partial charge in [0.15, 0.2) is 0 Å². The van der Waals surface area contributed by atoms with Gasteiger partial charge in [-0.1, -0.05) is 18.2 Å². The van der Waals surface area contributed by atoms with Gasteiger partial charge in [-0.15, -0.1) is 0 Å². The predicted molar refractivity (Wildman–Crippen MR) is 98.4 cm³/mol. The summed E-state index contributed by atoms with van der Waals surface area (Å²) in [6, 6.07) is 14.1. The highest BCUT2D eigenvalue weighted by Gasteiger charge is 2.12. The number of amides is 1. The lowest BCUT2D eigenvalue weighted by molar-refractivity contribution is -0.130. The molecule has 0 heterocycles. The number of para-hydroxylation sites is 1. The topological polar surface area (TPSA) is 32.8 Å². The minimum absolute atomic E-state index is 0.0958.